The zero-order valence-electron chi connectivity index (χ0n) is 14.5. The van der Waals surface area contributed by atoms with E-state index in [0.29, 0.717) is 17.9 Å². The van der Waals surface area contributed by atoms with E-state index in [0.717, 1.165) is 31.1 Å². The summed E-state index contributed by atoms with van der Waals surface area (Å²) in [5, 5.41) is 3.75. The summed E-state index contributed by atoms with van der Waals surface area (Å²) >= 11 is 0. The number of nitrogens with one attached hydrogen (secondary N) is 1. The summed E-state index contributed by atoms with van der Waals surface area (Å²) in [6.45, 7) is 2.14. The van der Waals surface area contributed by atoms with E-state index in [-0.39, 0.29) is 29.6 Å². The Kier molecular flexibility index (Phi) is 5.26. The summed E-state index contributed by atoms with van der Waals surface area (Å²) in [5.41, 5.74) is 0.622. The van der Waals surface area contributed by atoms with Crippen LogP contribution in [0.2, 0.25) is 0 Å². The third kappa shape index (κ3) is 3.78. The number of carbonyl (C=O) groups excluding carboxylic acids is 2. The van der Waals surface area contributed by atoms with E-state index in [1.807, 2.05) is 6.07 Å². The van der Waals surface area contributed by atoms with Gasteiger partial charge in [0.25, 0.3) is 5.91 Å². The monoisotopic (exact) mass is 345 g/mol. The molecular formula is C19H23NO5. The lowest BCUT2D eigenvalue weighted by molar-refractivity contribution is -0.150. The Morgan fingerprint density at radius 1 is 1.24 bits per heavy atom. The zero-order valence-corrected chi connectivity index (χ0v) is 14.5. The number of carbonyl (C=O) groups is 2. The van der Waals surface area contributed by atoms with E-state index in [1.54, 1.807) is 32.2 Å². The lowest BCUT2D eigenvalue weighted by Crippen LogP contribution is -2.45. The minimum Gasteiger partial charge on any atom is -0.497 e. The maximum absolute atomic E-state index is 12.6. The Morgan fingerprint density at radius 2 is 2.04 bits per heavy atom. The van der Waals surface area contributed by atoms with Gasteiger partial charge in [-0.25, -0.2) is 0 Å². The van der Waals surface area contributed by atoms with Gasteiger partial charge >= 0.3 is 5.97 Å². The SMILES string of the molecule is CCOC(=O)[C@@H]1CCCC[C@H]1NC(=O)c1cc2cc(OC)ccc2o1. The number of esters is 1. The quantitative estimate of drug-likeness (QED) is 0.841. The van der Waals surface area contributed by atoms with Gasteiger partial charge in [0.1, 0.15) is 11.3 Å². The van der Waals surface area contributed by atoms with Crippen LogP contribution < -0.4 is 10.1 Å². The lowest BCUT2D eigenvalue weighted by Gasteiger charge is -2.30. The summed E-state index contributed by atoms with van der Waals surface area (Å²) < 4.78 is 16.0. The molecular weight excluding hydrogens is 322 g/mol. The minimum absolute atomic E-state index is 0.219. The van der Waals surface area contributed by atoms with Crippen molar-refractivity contribution >= 4 is 22.8 Å². The largest absolute Gasteiger partial charge is 0.497 e. The van der Waals surface area contributed by atoms with Crippen LogP contribution in [0.4, 0.5) is 0 Å². The van der Waals surface area contributed by atoms with Crippen molar-refractivity contribution in [1.82, 2.24) is 5.32 Å². The molecule has 1 saturated carbocycles. The van der Waals surface area contributed by atoms with Gasteiger partial charge in [-0.15, -0.1) is 0 Å². The van der Waals surface area contributed by atoms with E-state index in [4.69, 9.17) is 13.9 Å². The van der Waals surface area contributed by atoms with Gasteiger partial charge in [-0.3, -0.25) is 9.59 Å². The molecule has 0 unspecified atom stereocenters. The van der Waals surface area contributed by atoms with Gasteiger partial charge < -0.3 is 19.2 Å². The van der Waals surface area contributed by atoms with Crippen LogP contribution in [0.25, 0.3) is 11.0 Å². The van der Waals surface area contributed by atoms with Crippen LogP contribution in [0.5, 0.6) is 5.75 Å². The second kappa shape index (κ2) is 7.59. The van der Waals surface area contributed by atoms with Crippen molar-refractivity contribution < 1.29 is 23.5 Å². The second-order valence-corrected chi connectivity index (χ2v) is 6.24. The molecule has 0 aliphatic heterocycles. The number of benzene rings is 1. The molecule has 0 saturated heterocycles. The average Bonchev–Trinajstić information content (AvgIpc) is 3.05. The van der Waals surface area contributed by atoms with Crippen molar-refractivity contribution in [2.75, 3.05) is 13.7 Å². The fourth-order valence-electron chi connectivity index (χ4n) is 3.33. The van der Waals surface area contributed by atoms with Crippen molar-refractivity contribution in [3.8, 4) is 5.75 Å². The van der Waals surface area contributed by atoms with Gasteiger partial charge in [0.2, 0.25) is 0 Å². The van der Waals surface area contributed by atoms with Crippen LogP contribution in [0.15, 0.2) is 28.7 Å². The summed E-state index contributed by atoms with van der Waals surface area (Å²) in [6, 6.07) is 6.84. The number of rotatable bonds is 5. The molecule has 2 atom stereocenters. The summed E-state index contributed by atoms with van der Waals surface area (Å²) in [7, 11) is 1.59. The molecule has 3 rings (SSSR count). The topological polar surface area (TPSA) is 77.8 Å². The van der Waals surface area contributed by atoms with Crippen LogP contribution in [-0.2, 0) is 9.53 Å². The van der Waals surface area contributed by atoms with Crippen molar-refractivity contribution in [3.63, 3.8) is 0 Å². The Hall–Kier alpha value is -2.50. The van der Waals surface area contributed by atoms with E-state index in [1.165, 1.54) is 0 Å². The van der Waals surface area contributed by atoms with Gasteiger partial charge in [-0.1, -0.05) is 12.8 Å². The number of furan rings is 1. The van der Waals surface area contributed by atoms with Crippen molar-refractivity contribution in [3.05, 3.63) is 30.0 Å². The summed E-state index contributed by atoms with van der Waals surface area (Å²) in [5.74, 6) is 0.103. The first-order valence-electron chi connectivity index (χ1n) is 8.67. The van der Waals surface area contributed by atoms with E-state index >= 15 is 0 Å². The highest BCUT2D eigenvalue weighted by atomic mass is 16.5. The fraction of sp³-hybridized carbons (Fsp3) is 0.474. The van der Waals surface area contributed by atoms with Crippen LogP contribution in [0, 0.1) is 5.92 Å². The first kappa shape index (κ1) is 17.3. The van der Waals surface area contributed by atoms with Crippen LogP contribution >= 0.6 is 0 Å². The maximum Gasteiger partial charge on any atom is 0.311 e. The zero-order chi connectivity index (χ0) is 17.8. The summed E-state index contributed by atoms with van der Waals surface area (Å²) in [4.78, 5) is 24.7. The molecule has 1 amide bonds. The molecule has 1 aliphatic rings. The van der Waals surface area contributed by atoms with Crippen molar-refractivity contribution in [1.29, 1.82) is 0 Å². The number of hydrogen-bond donors (Lipinski definition) is 1. The molecule has 0 radical (unpaired) electrons. The van der Waals surface area contributed by atoms with Crippen molar-refractivity contribution in [2.45, 2.75) is 38.6 Å². The van der Waals surface area contributed by atoms with Gasteiger partial charge in [-0.05, 0) is 44.0 Å². The fourth-order valence-corrected chi connectivity index (χ4v) is 3.33. The van der Waals surface area contributed by atoms with E-state index in [9.17, 15) is 9.59 Å². The van der Waals surface area contributed by atoms with Gasteiger partial charge in [-0.2, -0.15) is 0 Å². The maximum atomic E-state index is 12.6. The first-order chi connectivity index (χ1) is 12.1. The number of fused-ring (bicyclic) bond motifs is 1. The molecule has 1 fully saturated rings. The molecule has 2 aromatic rings. The Balaban J connectivity index is 1.75. The van der Waals surface area contributed by atoms with Gasteiger partial charge in [0, 0.05) is 11.4 Å². The Bertz CT molecular complexity index is 766. The van der Waals surface area contributed by atoms with Crippen LogP contribution in [0.3, 0.4) is 0 Å². The molecule has 6 heteroatoms. The predicted octanol–water partition coefficient (Wildman–Crippen LogP) is 3.29. The lowest BCUT2D eigenvalue weighted by atomic mass is 9.84. The highest BCUT2D eigenvalue weighted by Crippen LogP contribution is 2.27. The smallest absolute Gasteiger partial charge is 0.311 e. The van der Waals surface area contributed by atoms with E-state index in [2.05, 4.69) is 5.32 Å². The Labute approximate surface area is 146 Å². The van der Waals surface area contributed by atoms with Crippen molar-refractivity contribution in [2.24, 2.45) is 5.92 Å². The molecule has 0 bridgehead atoms. The number of ether oxygens (including phenoxy) is 2. The third-order valence-corrected chi connectivity index (χ3v) is 4.62. The molecule has 1 N–H and O–H groups in total. The highest BCUT2D eigenvalue weighted by Gasteiger charge is 2.33. The summed E-state index contributed by atoms with van der Waals surface area (Å²) in [6.07, 6.45) is 3.46. The number of hydrogen-bond acceptors (Lipinski definition) is 5. The van der Waals surface area contributed by atoms with Crippen LogP contribution in [0.1, 0.15) is 43.2 Å². The van der Waals surface area contributed by atoms with Gasteiger partial charge in [0.15, 0.2) is 5.76 Å². The second-order valence-electron chi connectivity index (χ2n) is 6.24. The standard InChI is InChI=1S/C19H23NO5/c1-3-24-19(22)14-6-4-5-7-15(14)20-18(21)17-11-12-10-13(23-2)8-9-16(12)25-17/h8-11,14-15H,3-7H2,1-2H3,(H,20,21)/t14-,15-/m1/s1. The molecule has 1 aromatic carbocycles. The molecule has 1 aliphatic carbocycles. The first-order valence-corrected chi connectivity index (χ1v) is 8.67. The number of amides is 1. The third-order valence-electron chi connectivity index (χ3n) is 4.62. The normalized spacial score (nSPS) is 20.2. The highest BCUT2D eigenvalue weighted by molar-refractivity contribution is 5.96. The average molecular weight is 345 g/mol. The molecule has 6 nitrogen and oxygen atoms in total. The van der Waals surface area contributed by atoms with E-state index < -0.39 is 0 Å². The molecule has 134 valence electrons. The molecule has 1 aromatic heterocycles. The van der Waals surface area contributed by atoms with Gasteiger partial charge in [0.05, 0.1) is 19.6 Å². The Morgan fingerprint density at radius 3 is 2.80 bits per heavy atom. The molecule has 0 spiro atoms. The minimum atomic E-state index is -0.309. The molecule has 25 heavy (non-hydrogen) atoms. The predicted molar refractivity (Wildman–Crippen MR) is 92.6 cm³/mol. The number of methoxy groups -OCH3 is 1. The van der Waals surface area contributed by atoms with Crippen LogP contribution in [-0.4, -0.2) is 31.6 Å². The molecule has 1 heterocycles.